The molecule has 0 saturated heterocycles. The Morgan fingerprint density at radius 2 is 2.00 bits per heavy atom. The van der Waals surface area contributed by atoms with E-state index in [0.29, 0.717) is 21.9 Å². The average molecular weight is 362 g/mol. The van der Waals surface area contributed by atoms with E-state index in [9.17, 15) is 14.9 Å². The van der Waals surface area contributed by atoms with E-state index in [1.165, 1.54) is 35.6 Å². The summed E-state index contributed by atoms with van der Waals surface area (Å²) in [4.78, 5) is 27.2. The number of nitro groups is 1. The van der Waals surface area contributed by atoms with E-state index in [4.69, 9.17) is 11.6 Å². The molecule has 0 atom stereocenters. The number of fused-ring (bicyclic) bond motifs is 1. The van der Waals surface area contributed by atoms with Crippen LogP contribution in [0, 0.1) is 10.1 Å². The zero-order valence-corrected chi connectivity index (χ0v) is 14.2. The van der Waals surface area contributed by atoms with Gasteiger partial charge in [0.1, 0.15) is 0 Å². The number of amides is 1. The van der Waals surface area contributed by atoms with Crippen molar-refractivity contribution in [2.24, 2.45) is 4.99 Å². The first-order valence-corrected chi connectivity index (χ1v) is 8.31. The minimum atomic E-state index is -0.508. The van der Waals surface area contributed by atoms with Crippen LogP contribution in [0.1, 0.15) is 17.3 Å². The van der Waals surface area contributed by atoms with Crippen LogP contribution in [0.5, 0.6) is 0 Å². The number of nitrogens with zero attached hydrogens (tertiary/aromatic N) is 3. The number of hydrogen-bond donors (Lipinski definition) is 0. The summed E-state index contributed by atoms with van der Waals surface area (Å²) in [6.07, 6.45) is 0. The van der Waals surface area contributed by atoms with Gasteiger partial charge in [-0.25, -0.2) is 0 Å². The van der Waals surface area contributed by atoms with Crippen LogP contribution in [-0.2, 0) is 6.54 Å². The number of rotatable bonds is 3. The van der Waals surface area contributed by atoms with Crippen molar-refractivity contribution in [2.45, 2.75) is 13.5 Å². The SMILES string of the molecule is CCn1c(=NC(=O)c2ccc([N+](=O)[O-])cc2)sc2cc(Cl)ccc21. The van der Waals surface area contributed by atoms with E-state index >= 15 is 0 Å². The smallest absolute Gasteiger partial charge is 0.279 e. The molecule has 8 heteroatoms. The summed E-state index contributed by atoms with van der Waals surface area (Å²) in [5.74, 6) is -0.440. The maximum absolute atomic E-state index is 12.3. The number of carbonyl (C=O) groups is 1. The van der Waals surface area contributed by atoms with Gasteiger partial charge in [-0.3, -0.25) is 14.9 Å². The number of aromatic nitrogens is 1. The Hall–Kier alpha value is -2.51. The molecule has 3 rings (SSSR count). The fourth-order valence-electron chi connectivity index (χ4n) is 2.32. The highest BCUT2D eigenvalue weighted by Gasteiger charge is 2.11. The van der Waals surface area contributed by atoms with Gasteiger partial charge in [0.15, 0.2) is 4.80 Å². The van der Waals surface area contributed by atoms with E-state index in [1.807, 2.05) is 23.6 Å². The normalized spacial score (nSPS) is 11.8. The molecule has 0 aliphatic heterocycles. The molecule has 0 fully saturated rings. The van der Waals surface area contributed by atoms with Crippen molar-refractivity contribution in [1.82, 2.24) is 4.57 Å². The fraction of sp³-hybridized carbons (Fsp3) is 0.125. The Morgan fingerprint density at radius 1 is 1.29 bits per heavy atom. The molecule has 24 heavy (non-hydrogen) atoms. The lowest BCUT2D eigenvalue weighted by molar-refractivity contribution is -0.384. The van der Waals surface area contributed by atoms with Gasteiger partial charge in [-0.1, -0.05) is 22.9 Å². The number of carbonyl (C=O) groups excluding carboxylic acids is 1. The molecule has 0 unspecified atom stereocenters. The molecule has 0 aliphatic rings. The zero-order chi connectivity index (χ0) is 17.3. The standard InChI is InChI=1S/C16H12ClN3O3S/c1-2-19-13-8-5-11(17)9-14(13)24-16(19)18-15(21)10-3-6-12(7-4-10)20(22)23/h3-9H,2H2,1H3. The van der Waals surface area contributed by atoms with Crippen LogP contribution in [0.4, 0.5) is 5.69 Å². The maximum Gasteiger partial charge on any atom is 0.279 e. The summed E-state index contributed by atoms with van der Waals surface area (Å²) in [7, 11) is 0. The number of halogens is 1. The molecule has 1 amide bonds. The van der Waals surface area contributed by atoms with Crippen LogP contribution in [0.3, 0.4) is 0 Å². The quantitative estimate of drug-likeness (QED) is 0.522. The van der Waals surface area contributed by atoms with Crippen LogP contribution in [0.25, 0.3) is 10.2 Å². The molecule has 6 nitrogen and oxygen atoms in total. The van der Waals surface area contributed by atoms with Gasteiger partial charge >= 0.3 is 0 Å². The fourth-order valence-corrected chi connectivity index (χ4v) is 3.68. The predicted octanol–water partition coefficient (Wildman–Crippen LogP) is 4.03. The molecule has 0 aliphatic carbocycles. The van der Waals surface area contributed by atoms with Crippen molar-refractivity contribution >= 4 is 44.7 Å². The molecular formula is C16H12ClN3O3S. The second kappa shape index (κ2) is 6.54. The third-order valence-electron chi connectivity index (χ3n) is 3.48. The molecule has 3 aromatic rings. The number of nitro benzene ring substituents is 1. The second-order valence-corrected chi connectivity index (χ2v) is 6.41. The van der Waals surface area contributed by atoms with E-state index in [0.717, 1.165) is 10.2 Å². The van der Waals surface area contributed by atoms with Crippen LogP contribution < -0.4 is 4.80 Å². The highest BCUT2D eigenvalue weighted by atomic mass is 35.5. The number of aryl methyl sites for hydroxylation is 1. The molecule has 0 bridgehead atoms. The van der Waals surface area contributed by atoms with Gasteiger partial charge in [-0.2, -0.15) is 4.99 Å². The lowest BCUT2D eigenvalue weighted by Crippen LogP contribution is -2.15. The van der Waals surface area contributed by atoms with Gasteiger partial charge in [0.2, 0.25) is 0 Å². The van der Waals surface area contributed by atoms with Crippen LogP contribution in [0.15, 0.2) is 47.5 Å². The minimum absolute atomic E-state index is 0.0633. The summed E-state index contributed by atoms with van der Waals surface area (Å²) in [5, 5.41) is 11.3. The molecule has 2 aromatic carbocycles. The molecule has 0 saturated carbocycles. The molecule has 0 N–H and O–H groups in total. The third kappa shape index (κ3) is 3.08. The second-order valence-electron chi connectivity index (χ2n) is 4.96. The minimum Gasteiger partial charge on any atom is -0.317 e. The van der Waals surface area contributed by atoms with Gasteiger partial charge in [0.05, 0.1) is 15.1 Å². The molecule has 0 spiro atoms. The highest BCUT2D eigenvalue weighted by molar-refractivity contribution is 7.16. The molecule has 122 valence electrons. The molecule has 0 radical (unpaired) electrons. The van der Waals surface area contributed by atoms with Crippen LogP contribution in [-0.4, -0.2) is 15.4 Å². The molecule has 1 aromatic heterocycles. The van der Waals surface area contributed by atoms with E-state index in [-0.39, 0.29) is 5.69 Å². The van der Waals surface area contributed by atoms with Crippen molar-refractivity contribution in [3.63, 3.8) is 0 Å². The third-order valence-corrected chi connectivity index (χ3v) is 4.76. The monoisotopic (exact) mass is 361 g/mol. The summed E-state index contributed by atoms with van der Waals surface area (Å²) in [5.41, 5.74) is 1.20. The lowest BCUT2D eigenvalue weighted by Gasteiger charge is -2.00. The Kier molecular flexibility index (Phi) is 4.46. The Balaban J connectivity index is 2.05. The molecule has 1 heterocycles. The number of hydrogen-bond acceptors (Lipinski definition) is 4. The predicted molar refractivity (Wildman–Crippen MR) is 93.5 cm³/mol. The topological polar surface area (TPSA) is 77.5 Å². The average Bonchev–Trinajstić information content (AvgIpc) is 2.90. The van der Waals surface area contributed by atoms with Crippen molar-refractivity contribution in [3.8, 4) is 0 Å². The summed E-state index contributed by atoms with van der Waals surface area (Å²) in [6.45, 7) is 2.63. The summed E-state index contributed by atoms with van der Waals surface area (Å²) in [6, 6.07) is 10.9. The van der Waals surface area contributed by atoms with Gasteiger partial charge in [0.25, 0.3) is 11.6 Å². The van der Waals surface area contributed by atoms with Crippen molar-refractivity contribution in [2.75, 3.05) is 0 Å². The van der Waals surface area contributed by atoms with E-state index in [1.54, 1.807) is 6.07 Å². The van der Waals surface area contributed by atoms with Crippen LogP contribution in [0.2, 0.25) is 5.02 Å². The Bertz CT molecular complexity index is 1010. The van der Waals surface area contributed by atoms with Gasteiger partial charge < -0.3 is 4.57 Å². The van der Waals surface area contributed by atoms with Gasteiger partial charge in [0, 0.05) is 29.3 Å². The largest absolute Gasteiger partial charge is 0.317 e. The Morgan fingerprint density at radius 3 is 2.62 bits per heavy atom. The van der Waals surface area contributed by atoms with Gasteiger partial charge in [-0.05, 0) is 37.3 Å². The maximum atomic E-state index is 12.3. The van der Waals surface area contributed by atoms with E-state index in [2.05, 4.69) is 4.99 Å². The highest BCUT2D eigenvalue weighted by Crippen LogP contribution is 2.22. The summed E-state index contributed by atoms with van der Waals surface area (Å²) < 4.78 is 2.87. The number of benzene rings is 2. The first kappa shape index (κ1) is 16.4. The Labute approximate surface area is 145 Å². The van der Waals surface area contributed by atoms with Crippen molar-refractivity contribution < 1.29 is 9.72 Å². The van der Waals surface area contributed by atoms with Gasteiger partial charge in [-0.15, -0.1) is 0 Å². The lowest BCUT2D eigenvalue weighted by atomic mass is 10.2. The zero-order valence-electron chi connectivity index (χ0n) is 12.6. The van der Waals surface area contributed by atoms with Crippen LogP contribution >= 0.6 is 22.9 Å². The first-order chi connectivity index (χ1) is 11.5. The summed E-state index contributed by atoms with van der Waals surface area (Å²) >= 11 is 7.39. The first-order valence-electron chi connectivity index (χ1n) is 7.12. The van der Waals surface area contributed by atoms with E-state index < -0.39 is 10.8 Å². The number of non-ortho nitro benzene ring substituents is 1. The number of thiazole rings is 1. The van der Waals surface area contributed by atoms with Crippen molar-refractivity contribution in [1.29, 1.82) is 0 Å². The molecular weight excluding hydrogens is 350 g/mol. The van der Waals surface area contributed by atoms with Crippen molar-refractivity contribution in [3.05, 3.63) is 68.0 Å².